The lowest BCUT2D eigenvalue weighted by molar-refractivity contribution is -0.384. The minimum Gasteiger partial charge on any atom is -0.369 e. The molecule has 1 aliphatic rings. The second-order valence-electron chi connectivity index (χ2n) is 8.49. The van der Waals surface area contributed by atoms with Crippen LogP contribution < -0.4 is 4.90 Å². The van der Waals surface area contributed by atoms with E-state index in [4.69, 9.17) is 4.52 Å². The minimum atomic E-state index is -0.388. The number of piperazine rings is 1. The predicted molar refractivity (Wildman–Crippen MR) is 129 cm³/mol. The Morgan fingerprint density at radius 1 is 1.09 bits per heavy atom. The number of rotatable bonds is 9. The Morgan fingerprint density at radius 3 is 2.52 bits per heavy atom. The van der Waals surface area contributed by atoms with Gasteiger partial charge in [0, 0.05) is 57.1 Å². The van der Waals surface area contributed by atoms with Crippen molar-refractivity contribution in [1.29, 1.82) is 0 Å². The van der Waals surface area contributed by atoms with Crippen LogP contribution in [0.4, 0.5) is 11.4 Å². The first-order valence-corrected chi connectivity index (χ1v) is 11.5. The Labute approximate surface area is 194 Å². The first-order chi connectivity index (χ1) is 16.0. The molecule has 4 rings (SSSR count). The van der Waals surface area contributed by atoms with E-state index in [2.05, 4.69) is 58.0 Å². The molecule has 0 spiro atoms. The van der Waals surface area contributed by atoms with E-state index in [9.17, 15) is 10.1 Å². The van der Waals surface area contributed by atoms with Crippen molar-refractivity contribution in [2.75, 3.05) is 50.7 Å². The van der Waals surface area contributed by atoms with Gasteiger partial charge in [0.2, 0.25) is 0 Å². The van der Waals surface area contributed by atoms with Crippen LogP contribution in [0.15, 0.2) is 59.1 Å². The molecule has 0 amide bonds. The maximum atomic E-state index is 11.3. The van der Waals surface area contributed by atoms with E-state index in [1.807, 2.05) is 6.07 Å². The van der Waals surface area contributed by atoms with Crippen LogP contribution in [0.1, 0.15) is 18.2 Å². The standard InChI is InChI=1S/C25H31N5O3/c1-3-27(12-13-28-14-16-29(17-15-28)21-10-8-20(2)9-11-21)19-22-18-24(26-33-22)23-6-4-5-7-25(23)30(31)32/h4-11,18H,3,12-17,19H2,1-2H3. The molecule has 2 aromatic carbocycles. The van der Waals surface area contributed by atoms with Crippen molar-refractivity contribution < 1.29 is 9.45 Å². The molecule has 1 aromatic heterocycles. The number of hydrogen-bond acceptors (Lipinski definition) is 7. The average Bonchev–Trinajstić information content (AvgIpc) is 3.31. The number of anilines is 1. The fourth-order valence-electron chi connectivity index (χ4n) is 4.20. The first-order valence-electron chi connectivity index (χ1n) is 11.5. The highest BCUT2D eigenvalue weighted by Crippen LogP contribution is 2.29. The molecule has 0 saturated carbocycles. The molecular formula is C25H31N5O3. The number of aromatic nitrogens is 1. The Morgan fingerprint density at radius 2 is 1.82 bits per heavy atom. The molecule has 0 N–H and O–H groups in total. The Balaban J connectivity index is 1.28. The fourth-order valence-corrected chi connectivity index (χ4v) is 4.20. The Hall–Kier alpha value is -3.23. The van der Waals surface area contributed by atoms with Crippen LogP contribution in [-0.2, 0) is 6.54 Å². The third-order valence-corrected chi connectivity index (χ3v) is 6.27. The molecule has 1 aliphatic heterocycles. The average molecular weight is 450 g/mol. The normalized spacial score (nSPS) is 14.7. The van der Waals surface area contributed by atoms with Crippen LogP contribution in [0.5, 0.6) is 0 Å². The lowest BCUT2D eigenvalue weighted by Gasteiger charge is -2.37. The topological polar surface area (TPSA) is 78.9 Å². The van der Waals surface area contributed by atoms with Gasteiger partial charge >= 0.3 is 0 Å². The zero-order valence-corrected chi connectivity index (χ0v) is 19.3. The van der Waals surface area contributed by atoms with Crippen molar-refractivity contribution in [3.05, 3.63) is 76.0 Å². The summed E-state index contributed by atoms with van der Waals surface area (Å²) >= 11 is 0. The van der Waals surface area contributed by atoms with Crippen LogP contribution in [0.3, 0.4) is 0 Å². The molecule has 0 atom stereocenters. The largest absolute Gasteiger partial charge is 0.369 e. The van der Waals surface area contributed by atoms with Crippen molar-refractivity contribution in [1.82, 2.24) is 15.0 Å². The van der Waals surface area contributed by atoms with Gasteiger partial charge in [-0.15, -0.1) is 0 Å². The smallest absolute Gasteiger partial charge is 0.278 e. The van der Waals surface area contributed by atoms with Crippen molar-refractivity contribution in [2.45, 2.75) is 20.4 Å². The van der Waals surface area contributed by atoms with Crippen molar-refractivity contribution in [2.24, 2.45) is 0 Å². The summed E-state index contributed by atoms with van der Waals surface area (Å²) < 4.78 is 5.51. The maximum Gasteiger partial charge on any atom is 0.278 e. The molecule has 1 fully saturated rings. The maximum absolute atomic E-state index is 11.3. The molecule has 2 heterocycles. The van der Waals surface area contributed by atoms with E-state index in [1.54, 1.807) is 18.2 Å². The molecule has 33 heavy (non-hydrogen) atoms. The highest BCUT2D eigenvalue weighted by molar-refractivity contribution is 5.70. The summed E-state index contributed by atoms with van der Waals surface area (Å²) in [4.78, 5) is 18.2. The van der Waals surface area contributed by atoms with Gasteiger partial charge in [0.1, 0.15) is 5.69 Å². The van der Waals surface area contributed by atoms with Crippen LogP contribution in [0, 0.1) is 17.0 Å². The van der Waals surface area contributed by atoms with Gasteiger partial charge in [-0.1, -0.05) is 41.9 Å². The first kappa shape index (κ1) is 22.9. The monoisotopic (exact) mass is 449 g/mol. The molecule has 8 nitrogen and oxygen atoms in total. The number of benzene rings is 2. The minimum absolute atomic E-state index is 0.0366. The van der Waals surface area contributed by atoms with Crippen molar-refractivity contribution >= 4 is 11.4 Å². The highest BCUT2D eigenvalue weighted by atomic mass is 16.6. The summed E-state index contributed by atoms with van der Waals surface area (Å²) in [5.74, 6) is 0.717. The summed E-state index contributed by atoms with van der Waals surface area (Å²) in [6.45, 7) is 11.9. The molecule has 8 heteroatoms. The number of nitro groups is 1. The van der Waals surface area contributed by atoms with Gasteiger partial charge in [-0.2, -0.15) is 0 Å². The molecule has 3 aromatic rings. The SMILES string of the molecule is CCN(CCN1CCN(c2ccc(C)cc2)CC1)Cc1cc(-c2ccccc2[N+](=O)[O-])no1. The fraction of sp³-hybridized carbons (Fsp3) is 0.400. The Kier molecular flexibility index (Phi) is 7.36. The van der Waals surface area contributed by atoms with E-state index in [0.717, 1.165) is 45.8 Å². The van der Waals surface area contributed by atoms with E-state index in [1.165, 1.54) is 17.3 Å². The number of aryl methyl sites for hydroxylation is 1. The highest BCUT2D eigenvalue weighted by Gasteiger charge is 2.20. The lowest BCUT2D eigenvalue weighted by atomic mass is 10.1. The van der Waals surface area contributed by atoms with Crippen LogP contribution in [0.25, 0.3) is 11.3 Å². The second kappa shape index (κ2) is 10.6. The second-order valence-corrected chi connectivity index (χ2v) is 8.49. The summed E-state index contributed by atoms with van der Waals surface area (Å²) in [6, 6.07) is 17.2. The summed E-state index contributed by atoms with van der Waals surface area (Å²) in [5.41, 5.74) is 3.61. The molecule has 0 unspecified atom stereocenters. The van der Waals surface area contributed by atoms with E-state index in [-0.39, 0.29) is 10.6 Å². The third kappa shape index (κ3) is 5.77. The number of nitro benzene ring substituents is 1. The Bertz CT molecular complexity index is 1060. The summed E-state index contributed by atoms with van der Waals surface area (Å²) in [5, 5.41) is 15.4. The van der Waals surface area contributed by atoms with Crippen molar-refractivity contribution in [3.8, 4) is 11.3 Å². The molecular weight excluding hydrogens is 418 g/mol. The number of likely N-dealkylation sites (N-methyl/N-ethyl adjacent to an activating group) is 1. The van der Waals surface area contributed by atoms with Gasteiger partial charge in [-0.25, -0.2) is 0 Å². The molecule has 0 bridgehead atoms. The number of hydrogen-bond donors (Lipinski definition) is 0. The van der Waals surface area contributed by atoms with Gasteiger partial charge in [-0.3, -0.25) is 19.9 Å². The molecule has 0 aliphatic carbocycles. The zero-order valence-electron chi connectivity index (χ0n) is 19.3. The summed E-state index contributed by atoms with van der Waals surface area (Å²) in [6.07, 6.45) is 0. The lowest BCUT2D eigenvalue weighted by Crippen LogP contribution is -2.48. The zero-order chi connectivity index (χ0) is 23.2. The van der Waals surface area contributed by atoms with E-state index >= 15 is 0 Å². The van der Waals surface area contributed by atoms with Gasteiger partial charge in [0.25, 0.3) is 5.69 Å². The van der Waals surface area contributed by atoms with Crippen molar-refractivity contribution in [3.63, 3.8) is 0 Å². The molecule has 1 saturated heterocycles. The van der Waals surface area contributed by atoms with Gasteiger partial charge in [0.15, 0.2) is 5.76 Å². The van der Waals surface area contributed by atoms with Crippen LogP contribution in [-0.4, -0.2) is 65.7 Å². The number of nitrogens with zero attached hydrogens (tertiary/aromatic N) is 5. The van der Waals surface area contributed by atoms with E-state index < -0.39 is 0 Å². The number of para-hydroxylation sites is 1. The molecule has 0 radical (unpaired) electrons. The third-order valence-electron chi connectivity index (χ3n) is 6.27. The summed E-state index contributed by atoms with van der Waals surface area (Å²) in [7, 11) is 0. The van der Waals surface area contributed by atoms with E-state index in [0.29, 0.717) is 23.6 Å². The predicted octanol–water partition coefficient (Wildman–Crippen LogP) is 4.20. The van der Waals surface area contributed by atoms with Crippen LogP contribution >= 0.6 is 0 Å². The molecule has 174 valence electrons. The quantitative estimate of drug-likeness (QED) is 0.358. The van der Waals surface area contributed by atoms with Gasteiger partial charge in [0.05, 0.1) is 17.0 Å². The van der Waals surface area contributed by atoms with Crippen LogP contribution in [0.2, 0.25) is 0 Å². The van der Waals surface area contributed by atoms with Gasteiger partial charge in [-0.05, 0) is 31.7 Å². The van der Waals surface area contributed by atoms with Gasteiger partial charge < -0.3 is 9.42 Å².